The summed E-state index contributed by atoms with van der Waals surface area (Å²) in [5.41, 5.74) is 7.07. The van der Waals surface area contributed by atoms with Gasteiger partial charge >= 0.3 is 33.7 Å². The Morgan fingerprint density at radius 3 is 1.89 bits per heavy atom. The number of allylic oxidation sites excluding steroid dienone is 4. The molecule has 0 aromatic carbocycles. The van der Waals surface area contributed by atoms with Crippen LogP contribution in [0.15, 0.2) is 22.3 Å². The molecular formula is C23H38O4Ti. The quantitative estimate of drug-likeness (QED) is 0.404. The third-order valence-electron chi connectivity index (χ3n) is 5.14. The summed E-state index contributed by atoms with van der Waals surface area (Å²) in [6.07, 6.45) is 14.3. The molecule has 158 valence electrons. The van der Waals surface area contributed by atoms with E-state index in [1.165, 1.54) is 44.9 Å². The molecule has 0 amide bonds. The Bertz CT molecular complexity index is 501. The Morgan fingerprint density at radius 2 is 1.43 bits per heavy atom. The molecule has 1 unspecified atom stereocenters. The number of carbonyl (C=O) groups is 2. The average molecular weight is 426 g/mol. The molecule has 28 heavy (non-hydrogen) atoms. The van der Waals surface area contributed by atoms with Crippen molar-refractivity contribution in [2.75, 3.05) is 0 Å². The molecule has 5 heteroatoms. The maximum atomic E-state index is 9.60. The Kier molecular flexibility index (Phi) is 16.6. The van der Waals surface area contributed by atoms with Crippen LogP contribution in [0.4, 0.5) is 0 Å². The molecule has 0 bridgehead atoms. The van der Waals surface area contributed by atoms with E-state index in [-0.39, 0.29) is 29.1 Å². The van der Waals surface area contributed by atoms with Crippen molar-refractivity contribution in [3.05, 3.63) is 36.1 Å². The molecule has 0 fully saturated rings. The minimum Gasteiger partial charge on any atom is -0.481 e. The summed E-state index contributed by atoms with van der Waals surface area (Å²) in [7, 11) is 0. The zero-order valence-electron chi connectivity index (χ0n) is 18.1. The van der Waals surface area contributed by atoms with Crippen LogP contribution < -0.4 is 0 Å². The van der Waals surface area contributed by atoms with Crippen LogP contribution in [0.25, 0.3) is 0 Å². The van der Waals surface area contributed by atoms with Crippen LogP contribution >= 0.6 is 0 Å². The number of carboxylic acids is 2. The maximum Gasteiger partial charge on any atom is 2.00 e. The van der Waals surface area contributed by atoms with Crippen molar-refractivity contribution < 1.29 is 41.5 Å². The van der Waals surface area contributed by atoms with Crippen molar-refractivity contribution in [3.63, 3.8) is 0 Å². The fourth-order valence-electron chi connectivity index (χ4n) is 3.93. The number of carboxylic acid groups (broad SMARTS) is 2. The standard InChI is InChI=1S/C14H19.2C4H8O2.CH3.Ti/c1-10-11-6-2-4-8-13(11)14-9-5-3-7-12(10)14;2*1-2-3-4(5)6;;/h6,10H,2-5,7-9H2,1H3;2*2-3H2,1H3,(H,5,6);1H3;/q-1;;;-1;+2. The fraction of sp³-hybridized carbons (Fsp3) is 0.652. The third kappa shape index (κ3) is 9.47. The molecule has 0 aromatic rings. The van der Waals surface area contributed by atoms with Gasteiger partial charge in [-0.3, -0.25) is 9.59 Å². The maximum absolute atomic E-state index is 9.60. The van der Waals surface area contributed by atoms with E-state index in [0.717, 1.165) is 18.8 Å². The van der Waals surface area contributed by atoms with E-state index in [0.29, 0.717) is 12.8 Å². The third-order valence-corrected chi connectivity index (χ3v) is 5.14. The van der Waals surface area contributed by atoms with Crippen LogP contribution in [0, 0.1) is 19.8 Å². The topological polar surface area (TPSA) is 74.6 Å². The van der Waals surface area contributed by atoms with Crippen LogP contribution in [0.2, 0.25) is 0 Å². The summed E-state index contributed by atoms with van der Waals surface area (Å²) in [5.74, 6) is -0.643. The number of hydrogen-bond donors (Lipinski definition) is 2. The fourth-order valence-corrected chi connectivity index (χ4v) is 3.93. The average Bonchev–Trinajstić information content (AvgIpc) is 2.90. The van der Waals surface area contributed by atoms with Gasteiger partial charge in [0.2, 0.25) is 0 Å². The van der Waals surface area contributed by atoms with Gasteiger partial charge in [-0.05, 0) is 38.0 Å². The van der Waals surface area contributed by atoms with Gasteiger partial charge in [0.15, 0.2) is 0 Å². The molecule has 0 heterocycles. The molecule has 0 saturated heterocycles. The summed E-state index contributed by atoms with van der Waals surface area (Å²) in [5, 5.41) is 15.8. The number of rotatable bonds is 4. The number of hydrogen-bond acceptors (Lipinski definition) is 2. The summed E-state index contributed by atoms with van der Waals surface area (Å²) < 4.78 is 0. The molecule has 3 aliphatic carbocycles. The SMILES string of the molecule is CC1C2=C(CCC[CH-]2)C2=C1CCCC2.CCCC(=O)O.CCCC(=O)O.[CH3-].[Ti+2]. The molecule has 3 rings (SSSR count). The first-order valence-electron chi connectivity index (χ1n) is 10.1. The Hall–Kier alpha value is -0.996. The zero-order chi connectivity index (χ0) is 19.5. The Morgan fingerprint density at radius 1 is 0.929 bits per heavy atom. The summed E-state index contributed by atoms with van der Waals surface area (Å²) in [4.78, 5) is 19.2. The van der Waals surface area contributed by atoms with Crippen molar-refractivity contribution in [2.24, 2.45) is 5.92 Å². The Balaban J connectivity index is 0. The summed E-state index contributed by atoms with van der Waals surface area (Å²) >= 11 is 0. The van der Waals surface area contributed by atoms with Gasteiger partial charge in [-0.1, -0.05) is 45.6 Å². The van der Waals surface area contributed by atoms with E-state index < -0.39 is 11.9 Å². The molecule has 0 aromatic heterocycles. The molecule has 3 aliphatic rings. The molecule has 2 N–H and O–H groups in total. The number of aliphatic carboxylic acids is 2. The molecule has 0 radical (unpaired) electrons. The van der Waals surface area contributed by atoms with E-state index in [4.69, 9.17) is 10.2 Å². The van der Waals surface area contributed by atoms with E-state index in [9.17, 15) is 9.59 Å². The van der Waals surface area contributed by atoms with Gasteiger partial charge in [0.25, 0.3) is 0 Å². The van der Waals surface area contributed by atoms with Gasteiger partial charge in [0, 0.05) is 12.8 Å². The molecule has 1 atom stereocenters. The predicted molar refractivity (Wildman–Crippen MR) is 111 cm³/mol. The second kappa shape index (κ2) is 15.9. The van der Waals surface area contributed by atoms with Gasteiger partial charge in [-0.15, -0.1) is 12.0 Å². The van der Waals surface area contributed by atoms with Crippen LogP contribution in [0.5, 0.6) is 0 Å². The summed E-state index contributed by atoms with van der Waals surface area (Å²) in [6.45, 7) is 6.10. The monoisotopic (exact) mass is 426 g/mol. The largest absolute Gasteiger partial charge is 2.00 e. The van der Waals surface area contributed by atoms with Gasteiger partial charge in [0.1, 0.15) is 0 Å². The Labute approximate surface area is 186 Å². The van der Waals surface area contributed by atoms with Crippen molar-refractivity contribution >= 4 is 11.9 Å². The first-order valence-corrected chi connectivity index (χ1v) is 10.1. The van der Waals surface area contributed by atoms with Crippen LogP contribution in [0.3, 0.4) is 0 Å². The first kappa shape index (κ1) is 29.2. The van der Waals surface area contributed by atoms with Crippen molar-refractivity contribution in [1.82, 2.24) is 0 Å². The van der Waals surface area contributed by atoms with Crippen LogP contribution in [-0.2, 0) is 31.3 Å². The predicted octanol–water partition coefficient (Wildman–Crippen LogP) is 6.38. The van der Waals surface area contributed by atoms with E-state index in [2.05, 4.69) is 13.3 Å². The summed E-state index contributed by atoms with van der Waals surface area (Å²) in [6, 6.07) is 0. The minimum atomic E-state index is -0.711. The molecule has 4 nitrogen and oxygen atoms in total. The smallest absolute Gasteiger partial charge is 0.481 e. The van der Waals surface area contributed by atoms with Crippen molar-refractivity contribution in [1.29, 1.82) is 0 Å². The molecule has 0 saturated carbocycles. The van der Waals surface area contributed by atoms with Crippen molar-refractivity contribution in [2.45, 2.75) is 91.4 Å². The first-order chi connectivity index (χ1) is 12.4. The van der Waals surface area contributed by atoms with E-state index in [1.54, 1.807) is 22.3 Å². The second-order valence-electron chi connectivity index (χ2n) is 7.25. The minimum absolute atomic E-state index is 0. The van der Waals surface area contributed by atoms with Crippen molar-refractivity contribution in [3.8, 4) is 0 Å². The normalized spacial score (nSPS) is 19.2. The van der Waals surface area contributed by atoms with Gasteiger partial charge in [-0.2, -0.15) is 5.57 Å². The molecule has 0 spiro atoms. The molecular weight excluding hydrogens is 388 g/mol. The molecule has 0 aliphatic heterocycles. The van der Waals surface area contributed by atoms with Gasteiger partial charge in [0.05, 0.1) is 0 Å². The van der Waals surface area contributed by atoms with Crippen LogP contribution in [-0.4, -0.2) is 22.2 Å². The van der Waals surface area contributed by atoms with E-state index in [1.807, 2.05) is 13.8 Å². The zero-order valence-corrected chi connectivity index (χ0v) is 19.7. The number of fused-ring (bicyclic) bond motifs is 1. The van der Waals surface area contributed by atoms with E-state index >= 15 is 0 Å². The second-order valence-corrected chi connectivity index (χ2v) is 7.25. The van der Waals surface area contributed by atoms with Gasteiger partial charge < -0.3 is 17.6 Å². The van der Waals surface area contributed by atoms with Crippen LogP contribution in [0.1, 0.15) is 91.4 Å². The van der Waals surface area contributed by atoms with Gasteiger partial charge in [-0.25, -0.2) is 12.0 Å².